The molecule has 0 radical (unpaired) electrons. The fraction of sp³-hybridized carbons (Fsp3) is 0.238. The topological polar surface area (TPSA) is 77.6 Å². The number of pyridine rings is 1. The zero-order chi connectivity index (χ0) is 20.7. The highest BCUT2D eigenvalue weighted by molar-refractivity contribution is 6.31. The Balaban J connectivity index is 1.72. The number of halogens is 1. The van der Waals surface area contributed by atoms with Gasteiger partial charge in [-0.25, -0.2) is 4.98 Å². The summed E-state index contributed by atoms with van der Waals surface area (Å²) in [6.45, 7) is 5.86. The number of rotatable bonds is 4. The summed E-state index contributed by atoms with van der Waals surface area (Å²) in [6.07, 6.45) is 3.59. The van der Waals surface area contributed by atoms with Gasteiger partial charge in [0.25, 0.3) is 5.56 Å². The second-order valence-electron chi connectivity index (χ2n) is 7.26. The van der Waals surface area contributed by atoms with E-state index in [-0.39, 0.29) is 16.6 Å². The molecule has 0 fully saturated rings. The van der Waals surface area contributed by atoms with Crippen LogP contribution in [0.5, 0.6) is 0 Å². The molecule has 0 unspecified atom stereocenters. The van der Waals surface area contributed by atoms with Crippen molar-refractivity contribution in [2.45, 2.75) is 26.8 Å². The van der Waals surface area contributed by atoms with Crippen molar-refractivity contribution in [2.24, 2.45) is 7.05 Å². The summed E-state index contributed by atoms with van der Waals surface area (Å²) in [4.78, 5) is 21.4. The molecule has 0 atom stereocenters. The number of aromatic nitrogens is 5. The summed E-state index contributed by atoms with van der Waals surface area (Å²) < 4.78 is 3.36. The van der Waals surface area contributed by atoms with Crippen LogP contribution < -0.4 is 10.9 Å². The molecule has 3 aromatic heterocycles. The average molecular weight is 409 g/mol. The summed E-state index contributed by atoms with van der Waals surface area (Å²) in [7, 11) is 1.90. The average Bonchev–Trinajstić information content (AvgIpc) is 3.10. The Labute approximate surface area is 173 Å². The number of aryl methyl sites for hydroxylation is 2. The molecule has 7 nitrogen and oxygen atoms in total. The fourth-order valence-corrected chi connectivity index (χ4v) is 3.49. The third-order valence-electron chi connectivity index (χ3n) is 4.73. The number of benzene rings is 1. The molecule has 0 bridgehead atoms. The Morgan fingerprint density at radius 2 is 1.97 bits per heavy atom. The SMILES string of the molecule is Cc1cc(-c2ccn(C)n2)ccc1Nc1ncc2cc(Cl)c(=O)n(C(C)C)c2n1. The van der Waals surface area contributed by atoms with E-state index in [1.165, 1.54) is 0 Å². The lowest BCUT2D eigenvalue weighted by Crippen LogP contribution is -2.23. The first-order chi connectivity index (χ1) is 13.8. The lowest BCUT2D eigenvalue weighted by Gasteiger charge is -2.15. The Hall–Kier alpha value is -3.19. The molecule has 29 heavy (non-hydrogen) atoms. The van der Waals surface area contributed by atoms with Crippen molar-refractivity contribution in [1.82, 2.24) is 24.3 Å². The van der Waals surface area contributed by atoms with Crippen molar-refractivity contribution >= 4 is 34.3 Å². The Kier molecular flexibility index (Phi) is 4.84. The minimum atomic E-state index is -0.255. The highest BCUT2D eigenvalue weighted by Gasteiger charge is 2.14. The minimum absolute atomic E-state index is 0.0779. The van der Waals surface area contributed by atoms with Gasteiger partial charge in [0.05, 0.1) is 5.69 Å². The first kappa shape index (κ1) is 19.1. The molecule has 0 amide bonds. The minimum Gasteiger partial charge on any atom is -0.324 e. The standard InChI is InChI=1S/C21H21ClN6O/c1-12(2)28-19-15(10-16(22)20(28)29)11-23-21(25-19)24-17-6-5-14(9-13(17)3)18-7-8-27(4)26-18/h5-12H,1-4H3,(H,23,24,25). The third-order valence-corrected chi connectivity index (χ3v) is 5.00. The second-order valence-corrected chi connectivity index (χ2v) is 7.67. The van der Waals surface area contributed by atoms with Gasteiger partial charge < -0.3 is 5.32 Å². The van der Waals surface area contributed by atoms with E-state index >= 15 is 0 Å². The van der Waals surface area contributed by atoms with Gasteiger partial charge in [-0.3, -0.25) is 14.0 Å². The molecule has 4 rings (SSSR count). The molecule has 148 valence electrons. The molecule has 1 N–H and O–H groups in total. The molecule has 1 aromatic carbocycles. The van der Waals surface area contributed by atoms with E-state index in [4.69, 9.17) is 11.6 Å². The smallest absolute Gasteiger partial charge is 0.271 e. The number of hydrogen-bond donors (Lipinski definition) is 1. The third kappa shape index (κ3) is 3.61. The van der Waals surface area contributed by atoms with Crippen LogP contribution in [-0.2, 0) is 7.05 Å². The molecule has 4 aromatic rings. The molecular weight excluding hydrogens is 388 g/mol. The molecule has 3 heterocycles. The van der Waals surface area contributed by atoms with Crippen LogP contribution in [0.1, 0.15) is 25.5 Å². The van der Waals surface area contributed by atoms with Crippen LogP contribution in [0.25, 0.3) is 22.3 Å². The molecule has 0 saturated heterocycles. The maximum Gasteiger partial charge on any atom is 0.271 e. The quantitative estimate of drug-likeness (QED) is 0.538. The molecule has 0 aliphatic rings. The summed E-state index contributed by atoms with van der Waals surface area (Å²) >= 11 is 6.08. The molecule has 8 heteroatoms. The van der Waals surface area contributed by atoms with Crippen LogP contribution in [0, 0.1) is 6.92 Å². The summed E-state index contributed by atoms with van der Waals surface area (Å²) in [5, 5.41) is 8.57. The first-order valence-electron chi connectivity index (χ1n) is 9.29. The maximum atomic E-state index is 12.5. The van der Waals surface area contributed by atoms with Crippen molar-refractivity contribution in [3.05, 3.63) is 63.7 Å². The zero-order valence-corrected chi connectivity index (χ0v) is 17.4. The van der Waals surface area contributed by atoms with E-state index < -0.39 is 0 Å². The summed E-state index contributed by atoms with van der Waals surface area (Å²) in [5.41, 5.74) is 4.17. The molecular formula is C21H21ClN6O. The number of anilines is 2. The highest BCUT2D eigenvalue weighted by Crippen LogP contribution is 2.26. The van der Waals surface area contributed by atoms with Crippen LogP contribution in [0.4, 0.5) is 11.6 Å². The van der Waals surface area contributed by atoms with Crippen LogP contribution in [0.2, 0.25) is 5.02 Å². The van der Waals surface area contributed by atoms with Gasteiger partial charge in [0.2, 0.25) is 5.95 Å². The monoisotopic (exact) mass is 408 g/mol. The van der Waals surface area contributed by atoms with E-state index in [1.54, 1.807) is 21.5 Å². The molecule has 0 saturated carbocycles. The molecule has 0 aliphatic carbocycles. The Bertz CT molecular complexity index is 1270. The predicted octanol–water partition coefficient (Wildman–Crippen LogP) is 4.48. The van der Waals surface area contributed by atoms with Gasteiger partial charge in [0.1, 0.15) is 10.7 Å². The van der Waals surface area contributed by atoms with Crippen molar-refractivity contribution in [2.75, 3.05) is 5.32 Å². The number of fused-ring (bicyclic) bond motifs is 1. The highest BCUT2D eigenvalue weighted by atomic mass is 35.5. The largest absolute Gasteiger partial charge is 0.324 e. The lowest BCUT2D eigenvalue weighted by atomic mass is 10.1. The number of hydrogen-bond acceptors (Lipinski definition) is 5. The van der Waals surface area contributed by atoms with E-state index in [9.17, 15) is 4.79 Å². The van der Waals surface area contributed by atoms with E-state index in [2.05, 4.69) is 26.4 Å². The first-order valence-corrected chi connectivity index (χ1v) is 9.67. The van der Waals surface area contributed by atoms with Crippen molar-refractivity contribution in [3.8, 4) is 11.3 Å². The Morgan fingerprint density at radius 1 is 1.17 bits per heavy atom. The van der Waals surface area contributed by atoms with Crippen LogP contribution >= 0.6 is 11.6 Å². The van der Waals surface area contributed by atoms with Gasteiger partial charge in [0, 0.05) is 42.1 Å². The predicted molar refractivity (Wildman–Crippen MR) is 116 cm³/mol. The van der Waals surface area contributed by atoms with Gasteiger partial charge in [-0.15, -0.1) is 0 Å². The van der Waals surface area contributed by atoms with E-state index in [0.29, 0.717) is 11.6 Å². The fourth-order valence-electron chi connectivity index (χ4n) is 3.28. The summed E-state index contributed by atoms with van der Waals surface area (Å²) in [5.74, 6) is 0.419. The van der Waals surface area contributed by atoms with Crippen LogP contribution in [0.3, 0.4) is 0 Å². The van der Waals surface area contributed by atoms with Gasteiger partial charge >= 0.3 is 0 Å². The maximum absolute atomic E-state index is 12.5. The van der Waals surface area contributed by atoms with Crippen molar-refractivity contribution < 1.29 is 0 Å². The Morgan fingerprint density at radius 3 is 2.62 bits per heavy atom. The van der Waals surface area contributed by atoms with Crippen LogP contribution in [0.15, 0.2) is 47.5 Å². The van der Waals surface area contributed by atoms with E-state index in [0.717, 1.165) is 27.9 Å². The number of nitrogens with zero attached hydrogens (tertiary/aromatic N) is 5. The zero-order valence-electron chi connectivity index (χ0n) is 16.6. The second kappa shape index (κ2) is 7.33. The molecule has 0 aliphatic heterocycles. The lowest BCUT2D eigenvalue weighted by molar-refractivity contribution is 0.595. The van der Waals surface area contributed by atoms with Gasteiger partial charge in [-0.2, -0.15) is 10.1 Å². The summed E-state index contributed by atoms with van der Waals surface area (Å²) in [6, 6.07) is 9.55. The number of nitrogens with one attached hydrogen (secondary N) is 1. The van der Waals surface area contributed by atoms with Crippen molar-refractivity contribution in [1.29, 1.82) is 0 Å². The normalized spacial score (nSPS) is 11.4. The van der Waals surface area contributed by atoms with Gasteiger partial charge in [0.15, 0.2) is 0 Å². The van der Waals surface area contributed by atoms with Gasteiger partial charge in [-0.05, 0) is 50.6 Å². The molecule has 0 spiro atoms. The van der Waals surface area contributed by atoms with Gasteiger partial charge in [-0.1, -0.05) is 17.7 Å². The van der Waals surface area contributed by atoms with Crippen LogP contribution in [-0.4, -0.2) is 24.3 Å². The van der Waals surface area contributed by atoms with E-state index in [1.807, 2.05) is 52.2 Å². The van der Waals surface area contributed by atoms with Crippen molar-refractivity contribution in [3.63, 3.8) is 0 Å².